The third kappa shape index (κ3) is 2.53. The Hall–Kier alpha value is -2.08. The van der Waals surface area contributed by atoms with E-state index in [1.807, 2.05) is 0 Å². The number of benzene rings is 1. The van der Waals surface area contributed by atoms with Gasteiger partial charge in [-0.1, -0.05) is 13.0 Å². The Morgan fingerprint density at radius 1 is 1.53 bits per heavy atom. The van der Waals surface area contributed by atoms with Crippen molar-refractivity contribution in [2.24, 2.45) is 18.7 Å². The lowest BCUT2D eigenvalue weighted by Crippen LogP contribution is -2.21. The van der Waals surface area contributed by atoms with Gasteiger partial charge < -0.3 is 15.3 Å². The van der Waals surface area contributed by atoms with E-state index in [4.69, 9.17) is 15.3 Å². The summed E-state index contributed by atoms with van der Waals surface area (Å²) < 4.78 is 6.43. The maximum atomic E-state index is 11.4. The number of aryl methyl sites for hydroxylation is 1. The molecule has 3 N–H and O–H groups in total. The fourth-order valence-corrected chi connectivity index (χ4v) is 2.08. The molecule has 0 amide bonds. The van der Waals surface area contributed by atoms with Gasteiger partial charge in [-0.05, 0) is 23.6 Å². The molecule has 0 saturated carbocycles. The lowest BCUT2D eigenvalue weighted by molar-refractivity contribution is -0.138. The number of rotatable bonds is 4. The van der Waals surface area contributed by atoms with Crippen LogP contribution in [0.1, 0.15) is 24.9 Å². The summed E-state index contributed by atoms with van der Waals surface area (Å²) in [6, 6.07) is 4.81. The van der Waals surface area contributed by atoms with E-state index in [9.17, 15) is 9.59 Å². The molecule has 1 aromatic heterocycles. The number of hydrogen-bond donors (Lipinski definition) is 2. The van der Waals surface area contributed by atoms with E-state index in [0.29, 0.717) is 11.1 Å². The van der Waals surface area contributed by atoms with Crippen LogP contribution in [0.3, 0.4) is 0 Å². The number of aromatic nitrogens is 1. The zero-order valence-electron chi connectivity index (χ0n) is 10.8. The molecule has 6 heteroatoms. The summed E-state index contributed by atoms with van der Waals surface area (Å²) in [4.78, 5) is 22.1. The molecule has 0 bridgehead atoms. The second kappa shape index (κ2) is 4.89. The molecule has 2 rings (SSSR count). The van der Waals surface area contributed by atoms with Gasteiger partial charge in [0.15, 0.2) is 5.58 Å². The minimum absolute atomic E-state index is 0.00349. The first-order valence-corrected chi connectivity index (χ1v) is 5.97. The molecule has 0 spiro atoms. The van der Waals surface area contributed by atoms with Gasteiger partial charge in [-0.25, -0.2) is 4.79 Å². The molecule has 19 heavy (non-hydrogen) atoms. The molecule has 2 atom stereocenters. The Kier molecular flexibility index (Phi) is 3.44. The van der Waals surface area contributed by atoms with Crippen molar-refractivity contribution in [1.29, 1.82) is 0 Å². The standard InChI is InChI=1S/C13H16N2O4/c1-7(5-11(16)17)12(14)8-3-4-10-9(6-8)15(2)13(18)19-10/h3-4,6-7,12H,5,14H2,1-2H3,(H,16,17). The number of aliphatic carboxylic acids is 1. The SMILES string of the molecule is CC(CC(=O)O)C(N)c1ccc2oc(=O)n(C)c2c1. The molecular formula is C13H16N2O4. The molecule has 2 unspecified atom stereocenters. The summed E-state index contributed by atoms with van der Waals surface area (Å²) in [6.45, 7) is 1.79. The minimum Gasteiger partial charge on any atom is -0.481 e. The number of oxazole rings is 1. The summed E-state index contributed by atoms with van der Waals surface area (Å²) >= 11 is 0. The molecule has 0 fully saturated rings. The maximum absolute atomic E-state index is 11.4. The Balaban J connectivity index is 2.37. The van der Waals surface area contributed by atoms with Crippen molar-refractivity contribution >= 4 is 17.1 Å². The molecule has 102 valence electrons. The number of carbonyl (C=O) groups is 1. The molecule has 1 aromatic carbocycles. The highest BCUT2D eigenvalue weighted by Crippen LogP contribution is 2.25. The summed E-state index contributed by atoms with van der Waals surface area (Å²) in [5, 5.41) is 8.78. The summed E-state index contributed by atoms with van der Waals surface area (Å²) in [7, 11) is 1.62. The summed E-state index contributed by atoms with van der Waals surface area (Å²) in [5.41, 5.74) is 7.99. The average molecular weight is 264 g/mol. The van der Waals surface area contributed by atoms with Gasteiger partial charge in [-0.15, -0.1) is 0 Å². The van der Waals surface area contributed by atoms with E-state index in [0.717, 1.165) is 5.56 Å². The lowest BCUT2D eigenvalue weighted by Gasteiger charge is -2.18. The van der Waals surface area contributed by atoms with E-state index in [2.05, 4.69) is 0 Å². The molecule has 0 aliphatic rings. The molecule has 0 radical (unpaired) electrons. The predicted molar refractivity (Wildman–Crippen MR) is 69.8 cm³/mol. The molecule has 6 nitrogen and oxygen atoms in total. The Morgan fingerprint density at radius 3 is 2.84 bits per heavy atom. The van der Waals surface area contributed by atoms with Gasteiger partial charge in [0.1, 0.15) is 0 Å². The topological polar surface area (TPSA) is 98.5 Å². The van der Waals surface area contributed by atoms with Crippen LogP contribution in [0, 0.1) is 5.92 Å². The first kappa shape index (κ1) is 13.4. The highest BCUT2D eigenvalue weighted by Gasteiger charge is 2.19. The van der Waals surface area contributed by atoms with Crippen LogP contribution in [0.15, 0.2) is 27.4 Å². The van der Waals surface area contributed by atoms with Gasteiger partial charge in [0, 0.05) is 19.5 Å². The average Bonchev–Trinajstić information content (AvgIpc) is 2.63. The lowest BCUT2D eigenvalue weighted by atomic mass is 9.92. The first-order chi connectivity index (χ1) is 8.90. The van der Waals surface area contributed by atoms with Crippen LogP contribution < -0.4 is 11.5 Å². The molecule has 1 heterocycles. The number of nitrogens with two attached hydrogens (primary N) is 1. The van der Waals surface area contributed by atoms with Crippen molar-refractivity contribution in [3.63, 3.8) is 0 Å². The van der Waals surface area contributed by atoms with Crippen LogP contribution >= 0.6 is 0 Å². The molecule has 2 aromatic rings. The zero-order valence-corrected chi connectivity index (χ0v) is 10.8. The number of hydrogen-bond acceptors (Lipinski definition) is 4. The van der Waals surface area contributed by atoms with Crippen molar-refractivity contribution in [3.05, 3.63) is 34.3 Å². The monoisotopic (exact) mass is 264 g/mol. The Bertz CT molecular complexity index is 671. The number of carboxylic acid groups (broad SMARTS) is 1. The first-order valence-electron chi connectivity index (χ1n) is 5.97. The third-order valence-corrected chi connectivity index (χ3v) is 3.31. The van der Waals surface area contributed by atoms with Crippen molar-refractivity contribution in [2.75, 3.05) is 0 Å². The van der Waals surface area contributed by atoms with Crippen molar-refractivity contribution in [3.8, 4) is 0 Å². The summed E-state index contributed by atoms with van der Waals surface area (Å²) in [6.07, 6.45) is 0.00349. The van der Waals surface area contributed by atoms with Crippen LogP contribution in [0.4, 0.5) is 0 Å². The van der Waals surface area contributed by atoms with Crippen LogP contribution in [0.5, 0.6) is 0 Å². The Morgan fingerprint density at radius 2 is 2.21 bits per heavy atom. The van der Waals surface area contributed by atoms with Crippen LogP contribution in [-0.4, -0.2) is 15.6 Å². The summed E-state index contributed by atoms with van der Waals surface area (Å²) in [5.74, 6) is -1.50. The van der Waals surface area contributed by atoms with Crippen LogP contribution in [0.2, 0.25) is 0 Å². The fraction of sp³-hybridized carbons (Fsp3) is 0.385. The molecule has 0 aliphatic carbocycles. The number of fused-ring (bicyclic) bond motifs is 1. The third-order valence-electron chi connectivity index (χ3n) is 3.31. The smallest absolute Gasteiger partial charge is 0.419 e. The largest absolute Gasteiger partial charge is 0.481 e. The fourth-order valence-electron chi connectivity index (χ4n) is 2.08. The van der Waals surface area contributed by atoms with Crippen LogP contribution in [-0.2, 0) is 11.8 Å². The number of carboxylic acids is 1. The predicted octanol–water partition coefficient (Wildman–Crippen LogP) is 1.24. The minimum atomic E-state index is -0.875. The second-order valence-electron chi connectivity index (χ2n) is 4.76. The van der Waals surface area contributed by atoms with Gasteiger partial charge in [-0.3, -0.25) is 9.36 Å². The van der Waals surface area contributed by atoms with E-state index in [1.165, 1.54) is 4.57 Å². The van der Waals surface area contributed by atoms with Gasteiger partial charge in [0.2, 0.25) is 0 Å². The highest BCUT2D eigenvalue weighted by molar-refractivity contribution is 5.74. The zero-order chi connectivity index (χ0) is 14.2. The highest BCUT2D eigenvalue weighted by atomic mass is 16.4. The molecular weight excluding hydrogens is 248 g/mol. The van der Waals surface area contributed by atoms with Crippen molar-refractivity contribution in [2.45, 2.75) is 19.4 Å². The van der Waals surface area contributed by atoms with E-state index >= 15 is 0 Å². The van der Waals surface area contributed by atoms with E-state index in [1.54, 1.807) is 32.2 Å². The van der Waals surface area contributed by atoms with Gasteiger partial charge >= 0.3 is 11.7 Å². The second-order valence-corrected chi connectivity index (χ2v) is 4.76. The van der Waals surface area contributed by atoms with Crippen molar-refractivity contribution in [1.82, 2.24) is 4.57 Å². The van der Waals surface area contributed by atoms with Crippen molar-refractivity contribution < 1.29 is 14.3 Å². The number of nitrogens with zero attached hydrogens (tertiary/aromatic N) is 1. The molecule has 0 saturated heterocycles. The quantitative estimate of drug-likeness (QED) is 0.865. The molecule has 0 aliphatic heterocycles. The normalized spacial score (nSPS) is 14.5. The van der Waals surface area contributed by atoms with Gasteiger partial charge in [0.25, 0.3) is 0 Å². The van der Waals surface area contributed by atoms with Gasteiger partial charge in [0.05, 0.1) is 5.52 Å². The van der Waals surface area contributed by atoms with Crippen LogP contribution in [0.25, 0.3) is 11.1 Å². The maximum Gasteiger partial charge on any atom is 0.419 e. The van der Waals surface area contributed by atoms with E-state index in [-0.39, 0.29) is 12.3 Å². The van der Waals surface area contributed by atoms with Gasteiger partial charge in [-0.2, -0.15) is 0 Å². The van der Waals surface area contributed by atoms with E-state index < -0.39 is 17.8 Å². The Labute approximate surface area is 109 Å².